The number of benzene rings is 1. The Balaban J connectivity index is 1.82. The predicted molar refractivity (Wildman–Crippen MR) is 77.7 cm³/mol. The van der Waals surface area contributed by atoms with Crippen molar-refractivity contribution < 1.29 is 19.1 Å². The number of methoxy groups -OCH3 is 1. The molecular weight excluding hydrogens is 284 g/mol. The van der Waals surface area contributed by atoms with Crippen molar-refractivity contribution >= 4 is 17.8 Å². The van der Waals surface area contributed by atoms with E-state index in [1.807, 2.05) is 30.3 Å². The Morgan fingerprint density at radius 3 is 2.68 bits per heavy atom. The number of piperazine rings is 1. The summed E-state index contributed by atoms with van der Waals surface area (Å²) in [6, 6.07) is 7.67. The Hall–Kier alpha value is -2.37. The second kappa shape index (κ2) is 5.79. The molecule has 2 fully saturated rings. The highest BCUT2D eigenvalue weighted by atomic mass is 16.5. The van der Waals surface area contributed by atoms with Gasteiger partial charge in [-0.15, -0.1) is 0 Å². The van der Waals surface area contributed by atoms with E-state index in [1.165, 1.54) is 12.0 Å². The van der Waals surface area contributed by atoms with E-state index in [0.29, 0.717) is 19.3 Å². The van der Waals surface area contributed by atoms with Crippen LogP contribution in [0, 0.1) is 0 Å². The van der Waals surface area contributed by atoms with Crippen molar-refractivity contribution in [1.82, 2.24) is 10.2 Å². The normalized spacial score (nSPS) is 27.3. The number of fused-ring (bicyclic) bond motifs is 1. The van der Waals surface area contributed by atoms with E-state index in [4.69, 9.17) is 4.74 Å². The minimum Gasteiger partial charge on any atom is -0.467 e. The lowest BCUT2D eigenvalue weighted by Crippen LogP contribution is -2.64. The maximum atomic E-state index is 12.7. The first kappa shape index (κ1) is 14.6. The van der Waals surface area contributed by atoms with E-state index in [-0.39, 0.29) is 11.8 Å². The molecule has 1 aromatic rings. The number of esters is 1. The molecule has 1 aromatic carbocycles. The van der Waals surface area contributed by atoms with E-state index in [2.05, 4.69) is 5.32 Å². The Kier molecular flexibility index (Phi) is 3.83. The van der Waals surface area contributed by atoms with Crippen molar-refractivity contribution in [3.8, 4) is 0 Å². The molecule has 0 aliphatic carbocycles. The van der Waals surface area contributed by atoms with Gasteiger partial charge in [0, 0.05) is 6.42 Å². The molecule has 0 saturated carbocycles. The lowest BCUT2D eigenvalue weighted by atomic mass is 10.0. The fourth-order valence-corrected chi connectivity index (χ4v) is 3.24. The van der Waals surface area contributed by atoms with Crippen LogP contribution in [0.3, 0.4) is 0 Å². The molecule has 6 nitrogen and oxygen atoms in total. The maximum Gasteiger partial charge on any atom is 0.328 e. The third-order valence-electron chi connectivity index (χ3n) is 4.31. The first-order valence-corrected chi connectivity index (χ1v) is 7.36. The summed E-state index contributed by atoms with van der Waals surface area (Å²) in [7, 11) is 1.30. The molecular formula is C16H18N2O4. The number of ether oxygens (including phenoxy) is 1. The minimum absolute atomic E-state index is 0.188. The van der Waals surface area contributed by atoms with Gasteiger partial charge in [0.2, 0.25) is 11.8 Å². The predicted octanol–water partition coefficient (Wildman–Crippen LogP) is 0.260. The van der Waals surface area contributed by atoms with Gasteiger partial charge in [-0.1, -0.05) is 30.3 Å². The van der Waals surface area contributed by atoms with Gasteiger partial charge < -0.3 is 15.0 Å². The molecule has 2 aliphatic heterocycles. The van der Waals surface area contributed by atoms with E-state index >= 15 is 0 Å². The van der Waals surface area contributed by atoms with Crippen LogP contribution in [0.1, 0.15) is 18.4 Å². The van der Waals surface area contributed by atoms with Crippen LogP contribution < -0.4 is 5.32 Å². The van der Waals surface area contributed by atoms with Crippen molar-refractivity contribution in [2.24, 2.45) is 0 Å². The SMILES string of the molecule is COC(=O)[C@H]1CC[C@H]2C(=O)N[C@H](Cc3ccccc3)C(=O)N12. The zero-order valence-electron chi connectivity index (χ0n) is 12.3. The van der Waals surface area contributed by atoms with Gasteiger partial charge in [0.25, 0.3) is 0 Å². The minimum atomic E-state index is -0.646. The van der Waals surface area contributed by atoms with Gasteiger partial charge in [0.15, 0.2) is 0 Å². The smallest absolute Gasteiger partial charge is 0.328 e. The Bertz CT molecular complexity index is 601. The van der Waals surface area contributed by atoms with E-state index < -0.39 is 24.1 Å². The van der Waals surface area contributed by atoms with Crippen molar-refractivity contribution in [2.45, 2.75) is 37.4 Å². The molecule has 0 aromatic heterocycles. The van der Waals surface area contributed by atoms with E-state index in [0.717, 1.165) is 5.56 Å². The lowest BCUT2D eigenvalue weighted by Gasteiger charge is -2.37. The molecule has 6 heteroatoms. The largest absolute Gasteiger partial charge is 0.467 e. The van der Waals surface area contributed by atoms with Crippen LogP contribution in [0.4, 0.5) is 0 Å². The van der Waals surface area contributed by atoms with Crippen LogP contribution in [-0.2, 0) is 25.5 Å². The van der Waals surface area contributed by atoms with Crippen LogP contribution in [0.5, 0.6) is 0 Å². The molecule has 0 spiro atoms. The number of amides is 2. The van der Waals surface area contributed by atoms with Crippen LogP contribution in [0.2, 0.25) is 0 Å². The molecule has 2 saturated heterocycles. The standard InChI is InChI=1S/C16H18N2O4/c1-22-16(21)13-8-7-12-14(19)17-11(15(20)18(12)13)9-10-5-3-2-4-6-10/h2-6,11-13H,7-9H2,1H3,(H,17,19)/t11-,12+,13-/m1/s1. The zero-order chi connectivity index (χ0) is 15.7. The number of carbonyl (C=O) groups is 3. The Morgan fingerprint density at radius 1 is 1.27 bits per heavy atom. The third-order valence-corrected chi connectivity index (χ3v) is 4.31. The van der Waals surface area contributed by atoms with Crippen LogP contribution in [-0.4, -0.2) is 47.9 Å². The lowest BCUT2D eigenvalue weighted by molar-refractivity contribution is -0.157. The third kappa shape index (κ3) is 2.45. The summed E-state index contributed by atoms with van der Waals surface area (Å²) in [4.78, 5) is 38.2. The van der Waals surface area contributed by atoms with E-state index in [9.17, 15) is 14.4 Å². The van der Waals surface area contributed by atoms with Crippen molar-refractivity contribution in [2.75, 3.05) is 7.11 Å². The monoisotopic (exact) mass is 302 g/mol. The molecule has 3 atom stereocenters. The second-order valence-corrected chi connectivity index (χ2v) is 5.63. The molecule has 2 aliphatic rings. The van der Waals surface area contributed by atoms with Gasteiger partial charge in [0.1, 0.15) is 18.1 Å². The fraction of sp³-hybridized carbons (Fsp3) is 0.438. The molecule has 0 bridgehead atoms. The summed E-state index contributed by atoms with van der Waals surface area (Å²) in [5.74, 6) is -0.850. The highest BCUT2D eigenvalue weighted by molar-refractivity contribution is 6.00. The number of nitrogens with one attached hydrogen (secondary N) is 1. The Labute approximate surface area is 128 Å². The molecule has 116 valence electrons. The van der Waals surface area contributed by atoms with Gasteiger partial charge >= 0.3 is 5.97 Å². The Morgan fingerprint density at radius 2 is 2.00 bits per heavy atom. The number of carbonyl (C=O) groups excluding carboxylic acids is 3. The summed E-state index contributed by atoms with van der Waals surface area (Å²) < 4.78 is 4.76. The van der Waals surface area contributed by atoms with Crippen molar-refractivity contribution in [3.05, 3.63) is 35.9 Å². The summed E-state index contributed by atoms with van der Waals surface area (Å²) in [5.41, 5.74) is 0.966. The van der Waals surface area contributed by atoms with Gasteiger partial charge in [0.05, 0.1) is 7.11 Å². The topological polar surface area (TPSA) is 75.7 Å². The number of nitrogens with zero attached hydrogens (tertiary/aromatic N) is 1. The molecule has 0 unspecified atom stereocenters. The highest BCUT2D eigenvalue weighted by Crippen LogP contribution is 2.29. The molecule has 2 amide bonds. The molecule has 1 N–H and O–H groups in total. The molecule has 22 heavy (non-hydrogen) atoms. The first-order valence-electron chi connectivity index (χ1n) is 7.36. The van der Waals surface area contributed by atoms with Gasteiger partial charge in [-0.3, -0.25) is 9.59 Å². The summed E-state index contributed by atoms with van der Waals surface area (Å²) in [5, 5.41) is 2.78. The number of hydrogen-bond donors (Lipinski definition) is 1. The molecule has 3 rings (SSSR count). The summed E-state index contributed by atoms with van der Waals surface area (Å²) in [6.45, 7) is 0. The van der Waals surface area contributed by atoms with Crippen LogP contribution in [0.15, 0.2) is 30.3 Å². The molecule has 0 radical (unpaired) electrons. The number of rotatable bonds is 3. The zero-order valence-corrected chi connectivity index (χ0v) is 12.3. The maximum absolute atomic E-state index is 12.7. The highest BCUT2D eigenvalue weighted by Gasteiger charge is 2.50. The molecule has 2 heterocycles. The van der Waals surface area contributed by atoms with E-state index in [1.54, 1.807) is 0 Å². The van der Waals surface area contributed by atoms with Crippen LogP contribution in [0.25, 0.3) is 0 Å². The first-order chi connectivity index (χ1) is 10.6. The van der Waals surface area contributed by atoms with Crippen molar-refractivity contribution in [3.63, 3.8) is 0 Å². The summed E-state index contributed by atoms with van der Waals surface area (Å²) in [6.07, 6.45) is 1.38. The number of hydrogen-bond acceptors (Lipinski definition) is 4. The second-order valence-electron chi connectivity index (χ2n) is 5.63. The van der Waals surface area contributed by atoms with Crippen molar-refractivity contribution in [1.29, 1.82) is 0 Å². The average molecular weight is 302 g/mol. The van der Waals surface area contributed by atoms with Gasteiger partial charge in [-0.2, -0.15) is 0 Å². The van der Waals surface area contributed by atoms with Crippen LogP contribution >= 0.6 is 0 Å². The van der Waals surface area contributed by atoms with Gasteiger partial charge in [-0.05, 0) is 18.4 Å². The fourth-order valence-electron chi connectivity index (χ4n) is 3.24. The van der Waals surface area contributed by atoms with Gasteiger partial charge in [-0.25, -0.2) is 4.79 Å². The quantitative estimate of drug-likeness (QED) is 0.813. The average Bonchev–Trinajstić information content (AvgIpc) is 2.98. The summed E-state index contributed by atoms with van der Waals surface area (Å²) >= 11 is 0.